The molecule has 0 aliphatic heterocycles. The number of methoxy groups -OCH3 is 3. The van der Waals surface area contributed by atoms with Crippen LogP contribution in [0, 0.1) is 11.3 Å². The number of hydrogen-bond acceptors (Lipinski definition) is 5. The third kappa shape index (κ3) is 2.58. The minimum Gasteiger partial charge on any atom is -0.493 e. The SMILES string of the molecule is COc1cc2cc(-c3ccccc3)c(C#N)c(N)c2c(OC)c1OC. The fourth-order valence-electron chi connectivity index (χ4n) is 3.03. The second-order valence-electron chi connectivity index (χ2n) is 5.43. The molecule has 5 heteroatoms. The average Bonchev–Trinajstić information content (AvgIpc) is 2.66. The van der Waals surface area contributed by atoms with E-state index in [1.165, 1.54) is 14.2 Å². The van der Waals surface area contributed by atoms with Crippen LogP contribution in [0.3, 0.4) is 0 Å². The Morgan fingerprint density at radius 2 is 1.60 bits per heavy atom. The molecule has 0 aliphatic carbocycles. The maximum absolute atomic E-state index is 9.68. The first kappa shape index (κ1) is 16.5. The molecule has 0 aromatic heterocycles. The molecule has 3 aromatic rings. The van der Waals surface area contributed by atoms with Crippen molar-refractivity contribution in [1.82, 2.24) is 0 Å². The van der Waals surface area contributed by atoms with Gasteiger partial charge in [0.2, 0.25) is 5.75 Å². The van der Waals surface area contributed by atoms with E-state index in [0.717, 1.165) is 16.5 Å². The second kappa shape index (κ2) is 6.62. The highest BCUT2D eigenvalue weighted by Crippen LogP contribution is 2.47. The van der Waals surface area contributed by atoms with E-state index in [2.05, 4.69) is 6.07 Å². The smallest absolute Gasteiger partial charge is 0.204 e. The van der Waals surface area contributed by atoms with Crippen molar-refractivity contribution in [2.45, 2.75) is 0 Å². The van der Waals surface area contributed by atoms with Gasteiger partial charge in [0.25, 0.3) is 0 Å². The summed E-state index contributed by atoms with van der Waals surface area (Å²) in [6.07, 6.45) is 0. The minimum atomic E-state index is 0.358. The van der Waals surface area contributed by atoms with E-state index in [4.69, 9.17) is 19.9 Å². The summed E-state index contributed by atoms with van der Waals surface area (Å²) in [7, 11) is 4.63. The number of anilines is 1. The van der Waals surface area contributed by atoms with E-state index in [1.807, 2.05) is 42.5 Å². The fraction of sp³-hybridized carbons (Fsp3) is 0.150. The topological polar surface area (TPSA) is 77.5 Å². The molecule has 2 N–H and O–H groups in total. The Morgan fingerprint density at radius 1 is 0.920 bits per heavy atom. The Kier molecular flexibility index (Phi) is 4.36. The molecule has 5 nitrogen and oxygen atoms in total. The Balaban J connectivity index is 2.46. The van der Waals surface area contributed by atoms with Crippen LogP contribution in [0.1, 0.15) is 5.56 Å². The molecule has 3 rings (SSSR count). The van der Waals surface area contributed by atoms with E-state index in [0.29, 0.717) is 33.9 Å². The number of benzene rings is 3. The van der Waals surface area contributed by atoms with Crippen molar-refractivity contribution in [3.8, 4) is 34.4 Å². The van der Waals surface area contributed by atoms with Crippen LogP contribution >= 0.6 is 0 Å². The number of nitrogens with two attached hydrogens (primary N) is 1. The van der Waals surface area contributed by atoms with E-state index < -0.39 is 0 Å². The van der Waals surface area contributed by atoms with Gasteiger partial charge in [-0.2, -0.15) is 5.26 Å². The summed E-state index contributed by atoms with van der Waals surface area (Å²) >= 11 is 0. The molecular weight excluding hydrogens is 316 g/mol. The van der Waals surface area contributed by atoms with Gasteiger partial charge in [0.15, 0.2) is 11.5 Å². The average molecular weight is 334 g/mol. The lowest BCUT2D eigenvalue weighted by Crippen LogP contribution is -2.01. The lowest BCUT2D eigenvalue weighted by molar-refractivity contribution is 0.327. The first-order chi connectivity index (χ1) is 12.2. The summed E-state index contributed by atoms with van der Waals surface area (Å²) in [5, 5.41) is 11.1. The van der Waals surface area contributed by atoms with E-state index >= 15 is 0 Å². The van der Waals surface area contributed by atoms with Crippen molar-refractivity contribution < 1.29 is 14.2 Å². The number of hydrogen-bond donors (Lipinski definition) is 1. The number of nitriles is 1. The van der Waals surface area contributed by atoms with Gasteiger partial charge in [0, 0.05) is 5.56 Å². The van der Waals surface area contributed by atoms with E-state index in [-0.39, 0.29) is 0 Å². The molecule has 126 valence electrons. The van der Waals surface area contributed by atoms with Gasteiger partial charge >= 0.3 is 0 Å². The summed E-state index contributed by atoms with van der Waals surface area (Å²) in [6.45, 7) is 0. The summed E-state index contributed by atoms with van der Waals surface area (Å²) < 4.78 is 16.4. The predicted octanol–water partition coefficient (Wildman–Crippen LogP) is 3.99. The first-order valence-corrected chi connectivity index (χ1v) is 7.66. The lowest BCUT2D eigenvalue weighted by Gasteiger charge is -2.18. The van der Waals surface area contributed by atoms with Crippen molar-refractivity contribution in [3.63, 3.8) is 0 Å². The largest absolute Gasteiger partial charge is 0.493 e. The maximum atomic E-state index is 9.68. The molecule has 0 saturated carbocycles. The third-order valence-corrected chi connectivity index (χ3v) is 4.16. The van der Waals surface area contributed by atoms with Crippen LogP contribution in [0.4, 0.5) is 5.69 Å². The molecular formula is C20H18N2O3. The summed E-state index contributed by atoms with van der Waals surface area (Å²) in [4.78, 5) is 0. The Labute approximate surface area is 146 Å². The Bertz CT molecular complexity index is 976. The molecule has 0 fully saturated rings. The van der Waals surface area contributed by atoms with Gasteiger partial charge in [0.05, 0.1) is 38.0 Å². The molecule has 0 aliphatic rings. The van der Waals surface area contributed by atoms with Crippen molar-refractivity contribution in [2.75, 3.05) is 27.1 Å². The Hall–Kier alpha value is -3.39. The van der Waals surface area contributed by atoms with Crippen LogP contribution in [0.2, 0.25) is 0 Å². The monoisotopic (exact) mass is 334 g/mol. The summed E-state index contributed by atoms with van der Waals surface area (Å²) in [5.74, 6) is 1.43. The highest BCUT2D eigenvalue weighted by atomic mass is 16.5. The molecule has 0 heterocycles. The van der Waals surface area contributed by atoms with Crippen molar-refractivity contribution in [1.29, 1.82) is 5.26 Å². The quantitative estimate of drug-likeness (QED) is 0.730. The van der Waals surface area contributed by atoms with Crippen molar-refractivity contribution in [2.24, 2.45) is 0 Å². The van der Waals surface area contributed by atoms with Crippen LogP contribution in [0.5, 0.6) is 17.2 Å². The fourth-order valence-corrected chi connectivity index (χ4v) is 3.03. The number of nitrogen functional groups attached to an aromatic ring is 1. The molecule has 0 amide bonds. The highest BCUT2D eigenvalue weighted by Gasteiger charge is 2.21. The number of ether oxygens (including phenoxy) is 3. The zero-order chi connectivity index (χ0) is 18.0. The Morgan fingerprint density at radius 3 is 2.16 bits per heavy atom. The normalized spacial score (nSPS) is 10.3. The van der Waals surface area contributed by atoms with Crippen molar-refractivity contribution in [3.05, 3.63) is 48.0 Å². The third-order valence-electron chi connectivity index (χ3n) is 4.16. The molecule has 3 aromatic carbocycles. The predicted molar refractivity (Wildman–Crippen MR) is 98.2 cm³/mol. The summed E-state index contributed by atoms with van der Waals surface area (Å²) in [6, 6.07) is 15.6. The van der Waals surface area contributed by atoms with Gasteiger partial charge < -0.3 is 19.9 Å². The molecule has 0 spiro atoms. The molecule has 0 radical (unpaired) electrons. The van der Waals surface area contributed by atoms with Gasteiger partial charge in [-0.1, -0.05) is 30.3 Å². The number of nitrogens with zero attached hydrogens (tertiary/aromatic N) is 1. The minimum absolute atomic E-state index is 0.358. The van der Waals surface area contributed by atoms with Gasteiger partial charge in [-0.3, -0.25) is 0 Å². The van der Waals surface area contributed by atoms with Gasteiger partial charge in [-0.15, -0.1) is 0 Å². The number of fused-ring (bicyclic) bond motifs is 1. The second-order valence-corrected chi connectivity index (χ2v) is 5.43. The van der Waals surface area contributed by atoms with Crippen molar-refractivity contribution >= 4 is 16.5 Å². The van der Waals surface area contributed by atoms with Crippen LogP contribution in [-0.2, 0) is 0 Å². The first-order valence-electron chi connectivity index (χ1n) is 7.66. The van der Waals surface area contributed by atoms with Gasteiger partial charge in [0.1, 0.15) is 6.07 Å². The lowest BCUT2D eigenvalue weighted by atomic mass is 9.93. The molecule has 0 bridgehead atoms. The molecule has 0 unspecified atom stereocenters. The van der Waals surface area contributed by atoms with E-state index in [1.54, 1.807) is 7.11 Å². The molecule has 0 atom stereocenters. The number of rotatable bonds is 4. The van der Waals surface area contributed by atoms with Crippen LogP contribution in [0.25, 0.3) is 21.9 Å². The maximum Gasteiger partial charge on any atom is 0.204 e. The zero-order valence-electron chi connectivity index (χ0n) is 14.3. The van der Waals surface area contributed by atoms with Crippen LogP contribution in [-0.4, -0.2) is 21.3 Å². The molecule has 25 heavy (non-hydrogen) atoms. The van der Waals surface area contributed by atoms with E-state index in [9.17, 15) is 5.26 Å². The highest BCUT2D eigenvalue weighted by molar-refractivity contribution is 6.06. The van der Waals surface area contributed by atoms with Crippen LogP contribution in [0.15, 0.2) is 42.5 Å². The molecule has 0 saturated heterocycles. The van der Waals surface area contributed by atoms with Gasteiger partial charge in [-0.05, 0) is 23.1 Å². The van der Waals surface area contributed by atoms with Gasteiger partial charge in [-0.25, -0.2) is 0 Å². The zero-order valence-corrected chi connectivity index (χ0v) is 14.3. The standard InChI is InChI=1S/C20H18N2O3/c1-23-16-10-13-9-14(12-7-5-4-6-8-12)15(11-21)18(22)17(13)20(25-3)19(16)24-2/h4-10H,22H2,1-3H3. The summed E-state index contributed by atoms with van der Waals surface area (Å²) in [5.41, 5.74) is 8.81. The van der Waals surface area contributed by atoms with Crippen LogP contribution < -0.4 is 19.9 Å².